The van der Waals surface area contributed by atoms with Gasteiger partial charge < -0.3 is 16.5 Å². The predicted octanol–water partition coefficient (Wildman–Crippen LogP) is 0.0456. The summed E-state index contributed by atoms with van der Waals surface area (Å²) in [6, 6.07) is 0. The van der Waals surface area contributed by atoms with E-state index in [4.69, 9.17) is 11.1 Å². The molecule has 0 aromatic carbocycles. The first kappa shape index (κ1) is 7.01. The van der Waals surface area contributed by atoms with Gasteiger partial charge in [0.05, 0.1) is 5.82 Å². The zero-order valence-corrected chi connectivity index (χ0v) is 5.15. The molecule has 0 radical (unpaired) electrons. The van der Waals surface area contributed by atoms with E-state index in [0.29, 0.717) is 11.5 Å². The minimum Gasteiger partial charge on any atom is -0.385 e. The van der Waals surface area contributed by atoms with Crippen LogP contribution < -0.4 is 11.1 Å². The molecule has 0 heterocycles. The third-order valence-corrected chi connectivity index (χ3v) is 0.661. The Morgan fingerprint density at radius 2 is 2.25 bits per heavy atom. The van der Waals surface area contributed by atoms with Crippen LogP contribution in [0.3, 0.4) is 0 Å². The highest BCUT2D eigenvalue weighted by Crippen LogP contribution is 1.75. The van der Waals surface area contributed by atoms with Crippen molar-refractivity contribution >= 4 is 5.71 Å². The Labute approximate surface area is 49.1 Å². The summed E-state index contributed by atoms with van der Waals surface area (Å²) in [7, 11) is 1.72. The van der Waals surface area contributed by atoms with Crippen LogP contribution in [0.5, 0.6) is 0 Å². The van der Waals surface area contributed by atoms with Gasteiger partial charge in [0.25, 0.3) is 0 Å². The third-order valence-electron chi connectivity index (χ3n) is 0.661. The van der Waals surface area contributed by atoms with Crippen LogP contribution in [-0.2, 0) is 0 Å². The first-order valence-electron chi connectivity index (χ1n) is 2.37. The summed E-state index contributed by atoms with van der Waals surface area (Å²) in [4.78, 5) is 0. The smallest absolute Gasteiger partial charge is 0.0975 e. The lowest BCUT2D eigenvalue weighted by Gasteiger charge is -1.95. The van der Waals surface area contributed by atoms with E-state index >= 15 is 0 Å². The molecule has 0 rings (SSSR count). The van der Waals surface area contributed by atoms with E-state index in [1.54, 1.807) is 20.0 Å². The molecule has 0 aliphatic heterocycles. The van der Waals surface area contributed by atoms with Crippen molar-refractivity contribution in [1.82, 2.24) is 5.32 Å². The van der Waals surface area contributed by atoms with E-state index in [1.807, 2.05) is 0 Å². The van der Waals surface area contributed by atoms with Gasteiger partial charge in [-0.1, -0.05) is 0 Å². The second-order valence-corrected chi connectivity index (χ2v) is 1.53. The van der Waals surface area contributed by atoms with Crippen molar-refractivity contribution in [3.63, 3.8) is 0 Å². The van der Waals surface area contributed by atoms with Crippen LogP contribution in [-0.4, -0.2) is 12.8 Å². The van der Waals surface area contributed by atoms with Crippen molar-refractivity contribution in [3.8, 4) is 0 Å². The number of rotatable bonds is 2. The minimum atomic E-state index is 0.455. The van der Waals surface area contributed by atoms with Crippen LogP contribution in [0.1, 0.15) is 6.92 Å². The minimum absolute atomic E-state index is 0.455. The summed E-state index contributed by atoms with van der Waals surface area (Å²) in [6.45, 7) is 1.67. The molecule has 0 aliphatic carbocycles. The molecule has 0 spiro atoms. The first-order chi connectivity index (χ1) is 3.66. The van der Waals surface area contributed by atoms with Crippen LogP contribution in [0.15, 0.2) is 11.9 Å². The fourth-order valence-corrected chi connectivity index (χ4v) is 0.305. The van der Waals surface area contributed by atoms with Crippen molar-refractivity contribution in [2.45, 2.75) is 6.92 Å². The van der Waals surface area contributed by atoms with E-state index in [-0.39, 0.29) is 0 Å². The Balaban J connectivity index is 3.75. The SMILES string of the molecule is CN/C(N)=C\C(C)=N. The van der Waals surface area contributed by atoms with Gasteiger partial charge >= 0.3 is 0 Å². The maximum atomic E-state index is 6.93. The van der Waals surface area contributed by atoms with Crippen molar-refractivity contribution in [2.24, 2.45) is 5.73 Å². The predicted molar refractivity (Wildman–Crippen MR) is 34.7 cm³/mol. The molecule has 0 atom stereocenters. The van der Waals surface area contributed by atoms with E-state index in [0.717, 1.165) is 0 Å². The fraction of sp³-hybridized carbons (Fsp3) is 0.400. The van der Waals surface area contributed by atoms with Gasteiger partial charge in [0.1, 0.15) is 0 Å². The van der Waals surface area contributed by atoms with Crippen LogP contribution >= 0.6 is 0 Å². The molecule has 0 saturated heterocycles. The van der Waals surface area contributed by atoms with Gasteiger partial charge in [-0.2, -0.15) is 0 Å². The van der Waals surface area contributed by atoms with E-state index in [2.05, 4.69) is 5.32 Å². The van der Waals surface area contributed by atoms with Crippen molar-refractivity contribution in [3.05, 3.63) is 11.9 Å². The Morgan fingerprint density at radius 3 is 2.38 bits per heavy atom. The van der Waals surface area contributed by atoms with Crippen molar-refractivity contribution in [1.29, 1.82) is 5.41 Å². The normalized spacial score (nSPS) is 11.0. The molecule has 0 unspecified atom stereocenters. The topological polar surface area (TPSA) is 61.9 Å². The van der Waals surface area contributed by atoms with Gasteiger partial charge in [0.15, 0.2) is 0 Å². The monoisotopic (exact) mass is 113 g/mol. The first-order valence-corrected chi connectivity index (χ1v) is 2.37. The molecule has 0 aliphatic rings. The molecular formula is C5H11N3. The summed E-state index contributed by atoms with van der Waals surface area (Å²) in [5, 5.41) is 9.63. The molecular weight excluding hydrogens is 102 g/mol. The highest BCUT2D eigenvalue weighted by molar-refractivity contribution is 5.90. The largest absolute Gasteiger partial charge is 0.385 e. The molecule has 3 nitrogen and oxygen atoms in total. The molecule has 46 valence electrons. The Kier molecular flexibility index (Phi) is 2.69. The van der Waals surface area contributed by atoms with Crippen LogP contribution in [0.4, 0.5) is 0 Å². The van der Waals surface area contributed by atoms with Crippen LogP contribution in [0.2, 0.25) is 0 Å². The number of allylic oxidation sites excluding steroid dienone is 1. The summed E-state index contributed by atoms with van der Waals surface area (Å²) >= 11 is 0. The van der Waals surface area contributed by atoms with Gasteiger partial charge in [-0.15, -0.1) is 0 Å². The van der Waals surface area contributed by atoms with Crippen LogP contribution in [0, 0.1) is 5.41 Å². The number of hydrogen-bond donors (Lipinski definition) is 3. The summed E-state index contributed by atoms with van der Waals surface area (Å²) in [5.74, 6) is 0.525. The lowest BCUT2D eigenvalue weighted by atomic mass is 10.4. The van der Waals surface area contributed by atoms with E-state index in [1.165, 1.54) is 0 Å². The maximum absolute atomic E-state index is 6.93. The highest BCUT2D eigenvalue weighted by Gasteiger charge is 1.81. The van der Waals surface area contributed by atoms with Crippen molar-refractivity contribution in [2.75, 3.05) is 7.05 Å². The highest BCUT2D eigenvalue weighted by atomic mass is 14.9. The molecule has 3 heteroatoms. The van der Waals surface area contributed by atoms with E-state index < -0.39 is 0 Å². The van der Waals surface area contributed by atoms with Gasteiger partial charge in [-0.3, -0.25) is 0 Å². The molecule has 0 aromatic heterocycles. The second kappa shape index (κ2) is 3.07. The molecule has 4 N–H and O–H groups in total. The summed E-state index contributed by atoms with van der Waals surface area (Å²) in [6.07, 6.45) is 1.56. The van der Waals surface area contributed by atoms with Gasteiger partial charge in [-0.25, -0.2) is 0 Å². The molecule has 0 saturated carbocycles. The fourth-order valence-electron chi connectivity index (χ4n) is 0.305. The third kappa shape index (κ3) is 3.21. The second-order valence-electron chi connectivity index (χ2n) is 1.53. The average molecular weight is 113 g/mol. The maximum Gasteiger partial charge on any atom is 0.0975 e. The van der Waals surface area contributed by atoms with Gasteiger partial charge in [-0.05, 0) is 13.0 Å². The zero-order valence-electron chi connectivity index (χ0n) is 5.15. The summed E-state index contributed by atoms with van der Waals surface area (Å²) < 4.78 is 0. The van der Waals surface area contributed by atoms with E-state index in [9.17, 15) is 0 Å². The molecule has 0 bridgehead atoms. The number of nitrogens with two attached hydrogens (primary N) is 1. The lowest BCUT2D eigenvalue weighted by Crippen LogP contribution is -2.15. The van der Waals surface area contributed by atoms with Crippen LogP contribution in [0.25, 0.3) is 0 Å². The molecule has 0 fully saturated rings. The quantitative estimate of drug-likeness (QED) is 0.443. The van der Waals surface area contributed by atoms with Crippen molar-refractivity contribution < 1.29 is 0 Å². The zero-order chi connectivity index (χ0) is 6.57. The Bertz CT molecular complexity index is 115. The average Bonchev–Trinajstić information content (AvgIpc) is 1.65. The number of hydrogen-bond acceptors (Lipinski definition) is 3. The molecule has 8 heavy (non-hydrogen) atoms. The Hall–Kier alpha value is -0.990. The van der Waals surface area contributed by atoms with Gasteiger partial charge in [0.2, 0.25) is 0 Å². The standard InChI is InChI=1S/C5H11N3/c1-4(6)3-5(7)8-2/h3,6,8H,7H2,1-2H3/b5-3-,6-4?. The molecule has 0 amide bonds. The Morgan fingerprint density at radius 1 is 1.75 bits per heavy atom. The van der Waals surface area contributed by atoms with Gasteiger partial charge in [0, 0.05) is 12.8 Å². The lowest BCUT2D eigenvalue weighted by molar-refractivity contribution is 0.967. The number of nitrogens with one attached hydrogen (secondary N) is 2. The summed E-state index contributed by atoms with van der Waals surface area (Å²) in [5.41, 5.74) is 5.74. The molecule has 0 aromatic rings.